The molecule has 0 atom stereocenters. The smallest absolute Gasteiger partial charge is 0.296 e. The fourth-order valence-electron chi connectivity index (χ4n) is 3.23. The van der Waals surface area contributed by atoms with Crippen LogP contribution in [-0.4, -0.2) is 15.2 Å². The highest BCUT2D eigenvalue weighted by Gasteiger charge is 2.33. The summed E-state index contributed by atoms with van der Waals surface area (Å²) in [5.74, 6) is 1.12. The van der Waals surface area contributed by atoms with Gasteiger partial charge in [0.1, 0.15) is 16.5 Å². The first-order valence-electron chi connectivity index (χ1n) is 9.03. The summed E-state index contributed by atoms with van der Waals surface area (Å²) in [7, 11) is 0. The molecule has 3 aromatic rings. The first-order valence-corrected chi connectivity index (χ1v) is 10.3. The van der Waals surface area contributed by atoms with Crippen LogP contribution in [-0.2, 0) is 0 Å². The number of non-ortho nitro benzene ring substituents is 1. The molecular formula is C22H16N2O4S2. The molecule has 6 nitrogen and oxygen atoms in total. The minimum atomic E-state index is -0.446. The van der Waals surface area contributed by atoms with Crippen LogP contribution < -0.4 is 4.90 Å². The van der Waals surface area contributed by atoms with Crippen LogP contribution in [0.1, 0.15) is 16.9 Å². The van der Waals surface area contributed by atoms with Crippen molar-refractivity contribution in [3.8, 4) is 11.3 Å². The van der Waals surface area contributed by atoms with Gasteiger partial charge in [0.05, 0.1) is 15.5 Å². The van der Waals surface area contributed by atoms with E-state index in [1.165, 1.54) is 17.0 Å². The van der Waals surface area contributed by atoms with Crippen LogP contribution in [0.3, 0.4) is 0 Å². The second-order valence-corrected chi connectivity index (χ2v) is 8.25. The minimum absolute atomic E-state index is 0.0188. The lowest BCUT2D eigenvalue weighted by Gasteiger charge is -2.16. The molecule has 2 aromatic carbocycles. The number of hydrogen-bond donors (Lipinski definition) is 0. The zero-order valence-corrected chi connectivity index (χ0v) is 17.8. The Bertz CT molecular complexity index is 1190. The normalized spacial score (nSPS) is 15.3. The number of thioether (sulfide) groups is 1. The number of benzene rings is 2. The first-order chi connectivity index (χ1) is 14.3. The fraction of sp³-hybridized carbons (Fsp3) is 0.0909. The van der Waals surface area contributed by atoms with Crippen molar-refractivity contribution in [2.45, 2.75) is 13.8 Å². The lowest BCUT2D eigenvalue weighted by atomic mass is 10.1. The highest BCUT2D eigenvalue weighted by molar-refractivity contribution is 8.20. The second-order valence-electron chi connectivity index (χ2n) is 6.87. The van der Waals surface area contributed by atoms with E-state index in [1.54, 1.807) is 30.3 Å². The van der Waals surface area contributed by atoms with Gasteiger partial charge >= 0.3 is 0 Å². The predicted molar refractivity (Wildman–Crippen MR) is 123 cm³/mol. The molecule has 1 fully saturated rings. The highest BCUT2D eigenvalue weighted by Crippen LogP contribution is 2.38. The Morgan fingerprint density at radius 1 is 1.07 bits per heavy atom. The van der Waals surface area contributed by atoms with E-state index in [0.29, 0.717) is 21.4 Å². The van der Waals surface area contributed by atoms with Crippen LogP contribution >= 0.6 is 24.0 Å². The van der Waals surface area contributed by atoms with E-state index >= 15 is 0 Å². The van der Waals surface area contributed by atoms with Crippen LogP contribution in [0.4, 0.5) is 16.2 Å². The number of nitro groups is 1. The number of thiocarbonyl (C=S) groups is 1. The Morgan fingerprint density at radius 3 is 2.37 bits per heavy atom. The molecule has 0 saturated carbocycles. The number of amides is 1. The maximum atomic E-state index is 12.6. The van der Waals surface area contributed by atoms with Gasteiger partial charge in [0.15, 0.2) is 0 Å². The van der Waals surface area contributed by atoms with Crippen LogP contribution in [0.5, 0.6) is 0 Å². The maximum Gasteiger partial charge on any atom is 0.296 e. The van der Waals surface area contributed by atoms with Crippen molar-refractivity contribution < 1.29 is 14.1 Å². The lowest BCUT2D eigenvalue weighted by molar-refractivity contribution is -0.384. The van der Waals surface area contributed by atoms with E-state index in [1.807, 2.05) is 32.0 Å². The van der Waals surface area contributed by atoms with Crippen molar-refractivity contribution in [2.75, 3.05) is 4.90 Å². The molecule has 30 heavy (non-hydrogen) atoms. The summed E-state index contributed by atoms with van der Waals surface area (Å²) in [6.45, 7) is 3.96. The number of furan rings is 1. The molecule has 1 aliphatic rings. The van der Waals surface area contributed by atoms with Gasteiger partial charge in [0.2, 0.25) is 0 Å². The molecule has 2 heterocycles. The zero-order valence-electron chi connectivity index (χ0n) is 16.1. The largest absolute Gasteiger partial charge is 0.457 e. The van der Waals surface area contributed by atoms with E-state index in [2.05, 4.69) is 0 Å². The Hall–Kier alpha value is -3.23. The maximum absolute atomic E-state index is 12.6. The number of hydrogen-bond acceptors (Lipinski definition) is 6. The standard InChI is InChI=1S/C22H16N2O4S2/c1-13-9-14(2)11-17(10-13)23-21(29)20(30-22(23)25)12-18-7-8-19(28-18)15-3-5-16(6-4-15)24(26)27/h3-12H,1-2H3. The summed E-state index contributed by atoms with van der Waals surface area (Å²) in [6.07, 6.45) is 1.74. The first kappa shape index (κ1) is 20.1. The van der Waals surface area contributed by atoms with Gasteiger partial charge in [0.25, 0.3) is 10.9 Å². The van der Waals surface area contributed by atoms with Gasteiger partial charge in [-0.2, -0.15) is 0 Å². The number of aryl methyl sites for hydroxylation is 2. The van der Waals surface area contributed by atoms with Crippen molar-refractivity contribution in [1.82, 2.24) is 0 Å². The van der Waals surface area contributed by atoms with Crippen LogP contribution in [0.2, 0.25) is 0 Å². The Balaban J connectivity index is 1.59. The summed E-state index contributed by atoms with van der Waals surface area (Å²) < 4.78 is 5.85. The van der Waals surface area contributed by atoms with Gasteiger partial charge in [-0.15, -0.1) is 0 Å². The topological polar surface area (TPSA) is 76.6 Å². The van der Waals surface area contributed by atoms with E-state index in [-0.39, 0.29) is 10.9 Å². The Morgan fingerprint density at radius 2 is 1.73 bits per heavy atom. The molecule has 0 unspecified atom stereocenters. The van der Waals surface area contributed by atoms with E-state index in [0.717, 1.165) is 34.1 Å². The van der Waals surface area contributed by atoms with Crippen molar-refractivity contribution in [3.05, 3.63) is 86.5 Å². The van der Waals surface area contributed by atoms with Gasteiger partial charge in [-0.3, -0.25) is 19.8 Å². The molecular weight excluding hydrogens is 420 g/mol. The molecule has 4 rings (SSSR count). The summed E-state index contributed by atoms with van der Waals surface area (Å²) in [5, 5.41) is 10.6. The molecule has 1 aliphatic heterocycles. The molecule has 0 bridgehead atoms. The van der Waals surface area contributed by atoms with Crippen molar-refractivity contribution in [3.63, 3.8) is 0 Å². The molecule has 0 N–H and O–H groups in total. The number of rotatable bonds is 4. The third-order valence-corrected chi connectivity index (χ3v) is 5.94. The minimum Gasteiger partial charge on any atom is -0.457 e. The Kier molecular flexibility index (Phi) is 5.27. The number of nitro benzene ring substituents is 1. The Labute approximate surface area is 182 Å². The molecule has 150 valence electrons. The van der Waals surface area contributed by atoms with Gasteiger partial charge in [0, 0.05) is 17.7 Å². The summed E-state index contributed by atoms with van der Waals surface area (Å²) >= 11 is 6.62. The predicted octanol–water partition coefficient (Wildman–Crippen LogP) is 6.51. The molecule has 0 aliphatic carbocycles. The quantitative estimate of drug-likeness (QED) is 0.201. The van der Waals surface area contributed by atoms with Crippen molar-refractivity contribution >= 4 is 51.7 Å². The third kappa shape index (κ3) is 3.92. The number of carbonyl (C=O) groups is 1. The lowest BCUT2D eigenvalue weighted by Crippen LogP contribution is -2.26. The van der Waals surface area contributed by atoms with Gasteiger partial charge in [-0.25, -0.2) is 0 Å². The second kappa shape index (κ2) is 7.89. The summed E-state index contributed by atoms with van der Waals surface area (Å²) in [4.78, 5) is 25.6. The zero-order chi connectivity index (χ0) is 21.4. The number of nitrogens with zero attached hydrogens (tertiary/aromatic N) is 2. The van der Waals surface area contributed by atoms with Gasteiger partial charge in [-0.05, 0) is 79.2 Å². The number of anilines is 1. The molecule has 0 radical (unpaired) electrons. The summed E-state index contributed by atoms with van der Waals surface area (Å²) in [6, 6.07) is 15.6. The molecule has 1 amide bonds. The molecule has 1 aromatic heterocycles. The van der Waals surface area contributed by atoms with Crippen molar-refractivity contribution in [2.24, 2.45) is 0 Å². The van der Waals surface area contributed by atoms with Crippen molar-refractivity contribution in [1.29, 1.82) is 0 Å². The van der Waals surface area contributed by atoms with Crippen LogP contribution in [0, 0.1) is 24.0 Å². The highest BCUT2D eigenvalue weighted by atomic mass is 32.2. The average molecular weight is 437 g/mol. The molecule has 0 spiro atoms. The average Bonchev–Trinajstić information content (AvgIpc) is 3.26. The molecule has 1 saturated heterocycles. The SMILES string of the molecule is Cc1cc(C)cc(N2C(=O)SC(=Cc3ccc(-c4ccc([N+](=O)[O-])cc4)o3)C2=S)c1. The molecule has 8 heteroatoms. The van der Waals surface area contributed by atoms with E-state index in [9.17, 15) is 14.9 Å². The summed E-state index contributed by atoms with van der Waals surface area (Å²) in [5.41, 5.74) is 3.61. The van der Waals surface area contributed by atoms with Gasteiger partial charge < -0.3 is 4.42 Å². The van der Waals surface area contributed by atoms with E-state index < -0.39 is 4.92 Å². The van der Waals surface area contributed by atoms with Crippen LogP contribution in [0.25, 0.3) is 17.4 Å². The van der Waals surface area contributed by atoms with E-state index in [4.69, 9.17) is 16.6 Å². The van der Waals surface area contributed by atoms with Crippen LogP contribution in [0.15, 0.2) is 63.9 Å². The fourth-order valence-corrected chi connectivity index (χ4v) is 4.49. The number of carbonyl (C=O) groups excluding carboxylic acids is 1. The third-order valence-electron chi connectivity index (χ3n) is 4.52. The monoisotopic (exact) mass is 436 g/mol. The van der Waals surface area contributed by atoms with Gasteiger partial charge in [-0.1, -0.05) is 18.3 Å².